The number of benzene rings is 2. The molecule has 10 heteroatoms. The van der Waals surface area contributed by atoms with Crippen molar-refractivity contribution in [3.05, 3.63) is 118 Å². The second-order valence-corrected chi connectivity index (χ2v) is 12.1. The summed E-state index contributed by atoms with van der Waals surface area (Å²) in [5.41, 5.74) is 7.11. The van der Waals surface area contributed by atoms with Crippen molar-refractivity contribution >= 4 is 39.3 Å². The molecule has 0 saturated carbocycles. The van der Waals surface area contributed by atoms with Gasteiger partial charge in [0.05, 0.1) is 23.1 Å². The van der Waals surface area contributed by atoms with Crippen molar-refractivity contribution in [2.24, 2.45) is 0 Å². The fourth-order valence-electron chi connectivity index (χ4n) is 5.91. The molecule has 0 radical (unpaired) electrons. The maximum atomic E-state index is 13.6. The summed E-state index contributed by atoms with van der Waals surface area (Å²) >= 11 is 2.29. The average molecular weight is 707 g/mol. The predicted octanol–water partition coefficient (Wildman–Crippen LogP) is 7.24. The quantitative estimate of drug-likeness (QED) is 0.138. The van der Waals surface area contributed by atoms with Gasteiger partial charge < -0.3 is 9.88 Å². The third kappa shape index (κ3) is 6.27. The molecule has 5 heterocycles. The number of aromatic nitrogens is 5. The van der Waals surface area contributed by atoms with E-state index in [2.05, 4.69) is 106 Å². The van der Waals surface area contributed by atoms with Gasteiger partial charge in [0.25, 0.3) is 0 Å². The lowest BCUT2D eigenvalue weighted by Crippen LogP contribution is -2.38. The van der Waals surface area contributed by atoms with Gasteiger partial charge in [-0.3, -0.25) is 9.88 Å². The van der Waals surface area contributed by atoms with Crippen LogP contribution < -0.4 is 5.32 Å². The molecule has 1 saturated heterocycles. The first-order valence-corrected chi connectivity index (χ1v) is 15.8. The molecule has 6 aromatic rings. The van der Waals surface area contributed by atoms with Crippen molar-refractivity contribution in [2.75, 3.05) is 18.4 Å². The summed E-state index contributed by atoms with van der Waals surface area (Å²) in [5, 5.41) is 13.6. The molecule has 222 valence electrons. The topological polar surface area (TPSA) is 95.6 Å². The van der Waals surface area contributed by atoms with E-state index in [1.165, 1.54) is 17.8 Å². The first-order valence-electron chi connectivity index (χ1n) is 14.7. The Hall–Kier alpha value is -4.73. The minimum atomic E-state index is -0.352. The monoisotopic (exact) mass is 706 g/mol. The Morgan fingerprint density at radius 3 is 2.53 bits per heavy atom. The molecular weight excluding hydrogens is 678 g/mol. The van der Waals surface area contributed by atoms with Crippen LogP contribution in [0.1, 0.15) is 24.2 Å². The van der Waals surface area contributed by atoms with Crippen LogP contribution in [0.2, 0.25) is 0 Å². The Morgan fingerprint density at radius 2 is 1.78 bits per heavy atom. The van der Waals surface area contributed by atoms with Crippen LogP contribution in [0.25, 0.3) is 39.1 Å². The van der Waals surface area contributed by atoms with Gasteiger partial charge in [0.1, 0.15) is 21.4 Å². The van der Waals surface area contributed by atoms with E-state index in [1.807, 2.05) is 30.5 Å². The second kappa shape index (κ2) is 12.7. The number of rotatable bonds is 7. The van der Waals surface area contributed by atoms with Gasteiger partial charge in [0.15, 0.2) is 0 Å². The first kappa shape index (κ1) is 29.0. The van der Waals surface area contributed by atoms with Gasteiger partial charge in [-0.05, 0) is 95.6 Å². The van der Waals surface area contributed by atoms with Gasteiger partial charge in [0, 0.05) is 60.3 Å². The van der Waals surface area contributed by atoms with Crippen molar-refractivity contribution < 1.29 is 4.39 Å². The van der Waals surface area contributed by atoms with Crippen molar-refractivity contribution in [1.82, 2.24) is 29.4 Å². The summed E-state index contributed by atoms with van der Waals surface area (Å²) in [5.74, 6) is 0.533. The predicted molar refractivity (Wildman–Crippen MR) is 181 cm³/mol. The number of likely N-dealkylation sites (tertiary alicyclic amines) is 1. The second-order valence-electron chi connectivity index (χ2n) is 11.1. The van der Waals surface area contributed by atoms with E-state index < -0.39 is 0 Å². The van der Waals surface area contributed by atoms with E-state index in [9.17, 15) is 4.39 Å². The molecule has 1 aliphatic rings. The van der Waals surface area contributed by atoms with Gasteiger partial charge in [-0.2, -0.15) is 5.26 Å². The number of anilines is 1. The number of hydrogen-bond acceptors (Lipinski definition) is 7. The minimum absolute atomic E-state index is 0.182. The highest BCUT2D eigenvalue weighted by Gasteiger charge is 2.20. The SMILES string of the molecule is N#Cc1nccc(NC2CCN(Cc3ccc(-n4c(-c5cccnc5I)cc5ccc(-c6ccc(F)cn6)cc54)cc3)CC2)n1. The minimum Gasteiger partial charge on any atom is -0.367 e. The number of hydrogen-bond donors (Lipinski definition) is 1. The van der Waals surface area contributed by atoms with Crippen molar-refractivity contribution in [2.45, 2.75) is 25.4 Å². The van der Waals surface area contributed by atoms with Gasteiger partial charge in [0.2, 0.25) is 5.82 Å². The highest BCUT2D eigenvalue weighted by molar-refractivity contribution is 14.1. The number of nitrogens with zero attached hydrogens (tertiary/aromatic N) is 7. The largest absolute Gasteiger partial charge is 0.367 e. The molecular formula is C35H28FIN8. The lowest BCUT2D eigenvalue weighted by Gasteiger charge is -2.32. The number of nitriles is 1. The molecule has 0 atom stereocenters. The molecule has 0 bridgehead atoms. The van der Waals surface area contributed by atoms with Crippen LogP contribution in [-0.4, -0.2) is 48.5 Å². The molecule has 0 aliphatic carbocycles. The summed E-state index contributed by atoms with van der Waals surface area (Å²) in [4.78, 5) is 19.5. The summed E-state index contributed by atoms with van der Waals surface area (Å²) in [6.45, 7) is 2.82. The third-order valence-corrected chi connectivity index (χ3v) is 9.02. The van der Waals surface area contributed by atoms with Crippen molar-refractivity contribution in [3.8, 4) is 34.3 Å². The summed E-state index contributed by atoms with van der Waals surface area (Å²) in [6.07, 6.45) is 6.68. The molecule has 4 aromatic heterocycles. The Bertz CT molecular complexity index is 2010. The average Bonchev–Trinajstić information content (AvgIpc) is 3.45. The van der Waals surface area contributed by atoms with Gasteiger partial charge in [-0.1, -0.05) is 24.3 Å². The number of halogens is 2. The van der Waals surface area contributed by atoms with Crippen LogP contribution in [0, 0.1) is 20.8 Å². The Labute approximate surface area is 273 Å². The van der Waals surface area contributed by atoms with Crippen LogP contribution >= 0.6 is 22.6 Å². The van der Waals surface area contributed by atoms with Gasteiger partial charge in [-0.25, -0.2) is 19.3 Å². The maximum Gasteiger partial charge on any atom is 0.234 e. The highest BCUT2D eigenvalue weighted by Crippen LogP contribution is 2.35. The molecule has 0 unspecified atom stereocenters. The zero-order valence-corrected chi connectivity index (χ0v) is 26.4. The van der Waals surface area contributed by atoms with Crippen LogP contribution in [0.4, 0.5) is 10.2 Å². The van der Waals surface area contributed by atoms with E-state index >= 15 is 0 Å². The zero-order chi connectivity index (χ0) is 30.8. The molecule has 45 heavy (non-hydrogen) atoms. The number of nitrogens with one attached hydrogen (secondary N) is 1. The van der Waals surface area contributed by atoms with Crippen molar-refractivity contribution in [1.29, 1.82) is 5.26 Å². The lowest BCUT2D eigenvalue weighted by molar-refractivity contribution is 0.211. The zero-order valence-electron chi connectivity index (χ0n) is 24.2. The molecule has 0 amide bonds. The Balaban J connectivity index is 1.13. The van der Waals surface area contributed by atoms with Crippen LogP contribution in [0.5, 0.6) is 0 Å². The smallest absolute Gasteiger partial charge is 0.234 e. The highest BCUT2D eigenvalue weighted by atomic mass is 127. The molecule has 8 nitrogen and oxygen atoms in total. The normalized spacial score (nSPS) is 14.0. The van der Waals surface area contributed by atoms with E-state index in [0.29, 0.717) is 11.9 Å². The number of piperidine rings is 1. The Kier molecular flexibility index (Phi) is 8.19. The molecule has 1 N–H and O–H groups in total. The summed E-state index contributed by atoms with van der Waals surface area (Å²) in [6, 6.07) is 28.6. The fraction of sp³-hybridized carbons (Fsp3) is 0.171. The van der Waals surface area contributed by atoms with Gasteiger partial charge >= 0.3 is 0 Å². The molecule has 1 aliphatic heterocycles. The summed E-state index contributed by atoms with van der Waals surface area (Å²) < 4.78 is 16.8. The number of pyridine rings is 2. The molecule has 1 fully saturated rings. The fourth-order valence-corrected chi connectivity index (χ4v) is 6.52. The maximum absolute atomic E-state index is 13.6. The van der Waals surface area contributed by atoms with Gasteiger partial charge in [-0.15, -0.1) is 0 Å². The van der Waals surface area contributed by atoms with Crippen LogP contribution in [0.15, 0.2) is 97.5 Å². The van der Waals surface area contributed by atoms with Crippen LogP contribution in [-0.2, 0) is 6.54 Å². The first-order chi connectivity index (χ1) is 22.0. The van der Waals surface area contributed by atoms with E-state index in [1.54, 1.807) is 12.3 Å². The standard InChI is InChI=1S/C35H28FIN8/c36-26-7-10-30(41-21-26)24-5-6-25-19-32(29-2-1-14-40-35(29)37)45(31(25)18-24)28-8-3-23(4-9-28)22-44-16-12-27(13-17-44)42-33-11-15-39-34(20-38)43-33/h1-11,14-15,18-19,21,27H,12-13,16-17,22H2,(H,39,42,43). The van der Waals surface area contributed by atoms with E-state index in [0.717, 1.165) is 75.3 Å². The summed E-state index contributed by atoms with van der Waals surface area (Å²) in [7, 11) is 0. The van der Waals surface area contributed by atoms with Crippen molar-refractivity contribution in [3.63, 3.8) is 0 Å². The molecule has 7 rings (SSSR count). The van der Waals surface area contributed by atoms with E-state index in [-0.39, 0.29) is 11.6 Å². The van der Waals surface area contributed by atoms with Crippen LogP contribution in [0.3, 0.4) is 0 Å². The number of fused-ring (bicyclic) bond motifs is 1. The molecule has 2 aromatic carbocycles. The third-order valence-electron chi connectivity index (χ3n) is 8.16. The van der Waals surface area contributed by atoms with E-state index in [4.69, 9.17) is 5.26 Å². The Morgan fingerprint density at radius 1 is 0.933 bits per heavy atom. The molecule has 0 spiro atoms. The lowest BCUT2D eigenvalue weighted by atomic mass is 10.0.